The van der Waals surface area contributed by atoms with Gasteiger partial charge in [-0.05, 0) is 36.8 Å². The third-order valence-corrected chi connectivity index (χ3v) is 5.41. The number of carbonyl (C=O) groups is 1. The summed E-state index contributed by atoms with van der Waals surface area (Å²) < 4.78 is 10.5. The lowest BCUT2D eigenvalue weighted by molar-refractivity contribution is 0.102. The number of thiophene rings is 1. The number of aromatic nitrogens is 2. The summed E-state index contributed by atoms with van der Waals surface area (Å²) in [5, 5.41) is 5.51. The van der Waals surface area contributed by atoms with E-state index < -0.39 is 0 Å². The van der Waals surface area contributed by atoms with E-state index in [1.165, 1.54) is 11.8 Å². The Morgan fingerprint density at radius 2 is 1.93 bits per heavy atom. The number of aryl methyl sites for hydroxylation is 1. The summed E-state index contributed by atoms with van der Waals surface area (Å²) in [5.74, 6) is 1.51. The standard InChI is InChI=1S/C19H19N3O3S2/c1-11-16(19(26-4)22-17(20-11)15-6-5-9-27-15)18(23)21-12-7-8-13(24-2)14(10-12)25-3/h5-10H,1-4H3,(H,21,23). The van der Waals surface area contributed by atoms with Crippen molar-refractivity contribution in [3.63, 3.8) is 0 Å². The fraction of sp³-hybridized carbons (Fsp3) is 0.211. The second kappa shape index (κ2) is 8.41. The Morgan fingerprint density at radius 1 is 1.15 bits per heavy atom. The van der Waals surface area contributed by atoms with Crippen LogP contribution in [0.2, 0.25) is 0 Å². The van der Waals surface area contributed by atoms with Gasteiger partial charge in [-0.2, -0.15) is 0 Å². The van der Waals surface area contributed by atoms with Crippen LogP contribution in [0.1, 0.15) is 16.1 Å². The van der Waals surface area contributed by atoms with E-state index in [1.54, 1.807) is 43.8 Å². The van der Waals surface area contributed by atoms with Crippen LogP contribution in [0, 0.1) is 6.92 Å². The van der Waals surface area contributed by atoms with E-state index in [2.05, 4.69) is 15.3 Å². The van der Waals surface area contributed by atoms with Crippen LogP contribution in [0.5, 0.6) is 11.5 Å². The lowest BCUT2D eigenvalue weighted by Crippen LogP contribution is -2.17. The largest absolute Gasteiger partial charge is 0.493 e. The Hall–Kier alpha value is -2.58. The normalized spacial score (nSPS) is 10.5. The summed E-state index contributed by atoms with van der Waals surface area (Å²) in [6.45, 7) is 1.82. The fourth-order valence-electron chi connectivity index (χ4n) is 2.58. The quantitative estimate of drug-likeness (QED) is 0.484. The first-order valence-corrected chi connectivity index (χ1v) is 10.2. The van der Waals surface area contributed by atoms with Crippen LogP contribution in [0.4, 0.5) is 5.69 Å². The van der Waals surface area contributed by atoms with E-state index in [1.807, 2.05) is 30.7 Å². The Labute approximate surface area is 166 Å². The molecule has 6 nitrogen and oxygen atoms in total. The number of thioether (sulfide) groups is 1. The van der Waals surface area contributed by atoms with Crippen molar-refractivity contribution in [1.29, 1.82) is 0 Å². The van der Waals surface area contributed by atoms with Gasteiger partial charge in [0.2, 0.25) is 0 Å². The molecule has 1 N–H and O–H groups in total. The zero-order chi connectivity index (χ0) is 19.4. The highest BCUT2D eigenvalue weighted by molar-refractivity contribution is 7.98. The molecule has 0 atom stereocenters. The van der Waals surface area contributed by atoms with Crippen molar-refractivity contribution >= 4 is 34.7 Å². The maximum atomic E-state index is 12.9. The number of nitrogens with zero attached hydrogens (tertiary/aromatic N) is 2. The minimum absolute atomic E-state index is 0.262. The maximum absolute atomic E-state index is 12.9. The van der Waals surface area contributed by atoms with Crippen LogP contribution in [-0.2, 0) is 0 Å². The number of carbonyl (C=O) groups excluding carboxylic acids is 1. The molecule has 27 heavy (non-hydrogen) atoms. The number of methoxy groups -OCH3 is 2. The summed E-state index contributed by atoms with van der Waals surface area (Å²) in [4.78, 5) is 23.0. The van der Waals surface area contributed by atoms with Gasteiger partial charge in [-0.3, -0.25) is 4.79 Å². The SMILES string of the molecule is COc1ccc(NC(=O)c2c(C)nc(-c3cccs3)nc2SC)cc1OC. The molecule has 2 aromatic heterocycles. The van der Waals surface area contributed by atoms with Crippen LogP contribution in [0.15, 0.2) is 40.7 Å². The van der Waals surface area contributed by atoms with Gasteiger partial charge in [0.15, 0.2) is 17.3 Å². The van der Waals surface area contributed by atoms with Crippen molar-refractivity contribution in [3.8, 4) is 22.2 Å². The molecule has 0 aliphatic rings. The topological polar surface area (TPSA) is 73.3 Å². The Balaban J connectivity index is 1.93. The second-order valence-corrected chi connectivity index (χ2v) is 7.26. The number of rotatable bonds is 6. The minimum Gasteiger partial charge on any atom is -0.493 e. The lowest BCUT2D eigenvalue weighted by atomic mass is 10.2. The summed E-state index contributed by atoms with van der Waals surface area (Å²) in [6, 6.07) is 9.13. The summed E-state index contributed by atoms with van der Waals surface area (Å²) >= 11 is 2.99. The first-order chi connectivity index (χ1) is 13.1. The smallest absolute Gasteiger partial charge is 0.260 e. The van der Waals surface area contributed by atoms with Crippen molar-refractivity contribution < 1.29 is 14.3 Å². The van der Waals surface area contributed by atoms with Crippen LogP contribution in [-0.4, -0.2) is 36.4 Å². The number of amides is 1. The van der Waals surface area contributed by atoms with Crippen molar-refractivity contribution in [2.75, 3.05) is 25.8 Å². The average molecular weight is 402 g/mol. The van der Waals surface area contributed by atoms with Gasteiger partial charge in [0.25, 0.3) is 5.91 Å². The van der Waals surface area contributed by atoms with Crippen LogP contribution in [0.3, 0.4) is 0 Å². The van der Waals surface area contributed by atoms with Crippen molar-refractivity contribution in [2.24, 2.45) is 0 Å². The highest BCUT2D eigenvalue weighted by Gasteiger charge is 2.20. The van der Waals surface area contributed by atoms with E-state index in [0.717, 1.165) is 4.88 Å². The molecule has 1 aromatic carbocycles. The third-order valence-electron chi connectivity index (χ3n) is 3.86. The Bertz CT molecular complexity index is 959. The second-order valence-electron chi connectivity index (χ2n) is 5.52. The molecule has 0 unspecified atom stereocenters. The zero-order valence-corrected chi connectivity index (χ0v) is 17.0. The molecule has 0 saturated carbocycles. The number of ether oxygens (including phenoxy) is 2. The number of anilines is 1. The van der Waals surface area contributed by atoms with Gasteiger partial charge in [0.05, 0.1) is 30.4 Å². The van der Waals surface area contributed by atoms with E-state index in [4.69, 9.17) is 9.47 Å². The van der Waals surface area contributed by atoms with Gasteiger partial charge in [0.1, 0.15) is 5.03 Å². The first kappa shape index (κ1) is 19.2. The molecule has 8 heteroatoms. The molecule has 0 aliphatic carbocycles. The number of hydrogen-bond acceptors (Lipinski definition) is 7. The number of benzene rings is 1. The molecule has 3 rings (SSSR count). The monoisotopic (exact) mass is 401 g/mol. The molecule has 0 aliphatic heterocycles. The molecule has 3 aromatic rings. The van der Waals surface area contributed by atoms with Crippen LogP contribution >= 0.6 is 23.1 Å². The maximum Gasteiger partial charge on any atom is 0.260 e. The number of hydrogen-bond donors (Lipinski definition) is 1. The van der Waals surface area contributed by atoms with Crippen molar-refractivity contribution in [2.45, 2.75) is 11.9 Å². The molecule has 140 valence electrons. The van der Waals surface area contributed by atoms with Gasteiger partial charge < -0.3 is 14.8 Å². The van der Waals surface area contributed by atoms with E-state index >= 15 is 0 Å². The Kier molecular flexibility index (Phi) is 5.98. The van der Waals surface area contributed by atoms with Gasteiger partial charge in [0, 0.05) is 11.8 Å². The predicted molar refractivity (Wildman–Crippen MR) is 109 cm³/mol. The summed E-state index contributed by atoms with van der Waals surface area (Å²) in [7, 11) is 3.12. The molecule has 0 spiro atoms. The van der Waals surface area contributed by atoms with Gasteiger partial charge in [-0.15, -0.1) is 23.1 Å². The molecular formula is C19H19N3O3S2. The van der Waals surface area contributed by atoms with Crippen molar-refractivity contribution in [3.05, 3.63) is 47.0 Å². The van der Waals surface area contributed by atoms with E-state index in [-0.39, 0.29) is 5.91 Å². The van der Waals surface area contributed by atoms with Gasteiger partial charge >= 0.3 is 0 Å². The molecular weight excluding hydrogens is 382 g/mol. The average Bonchev–Trinajstić information content (AvgIpc) is 3.21. The lowest BCUT2D eigenvalue weighted by Gasteiger charge is -2.13. The molecule has 1 amide bonds. The van der Waals surface area contributed by atoms with Crippen LogP contribution in [0.25, 0.3) is 10.7 Å². The molecule has 0 fully saturated rings. The molecule has 0 bridgehead atoms. The summed E-state index contributed by atoms with van der Waals surface area (Å²) in [6.07, 6.45) is 1.90. The van der Waals surface area contributed by atoms with Crippen LogP contribution < -0.4 is 14.8 Å². The van der Waals surface area contributed by atoms with Crippen molar-refractivity contribution in [1.82, 2.24) is 9.97 Å². The first-order valence-electron chi connectivity index (χ1n) is 8.07. The predicted octanol–water partition coefficient (Wildman–Crippen LogP) is 4.50. The number of nitrogens with one attached hydrogen (secondary N) is 1. The highest BCUT2D eigenvalue weighted by Crippen LogP contribution is 2.31. The third kappa shape index (κ3) is 4.06. The fourth-order valence-corrected chi connectivity index (χ4v) is 3.86. The van der Waals surface area contributed by atoms with Gasteiger partial charge in [-0.25, -0.2) is 9.97 Å². The molecule has 0 radical (unpaired) electrons. The molecule has 2 heterocycles. The summed E-state index contributed by atoms with van der Waals surface area (Å²) in [5.41, 5.74) is 1.71. The molecule has 0 saturated heterocycles. The van der Waals surface area contributed by atoms with E-state index in [9.17, 15) is 4.79 Å². The van der Waals surface area contributed by atoms with Gasteiger partial charge in [-0.1, -0.05) is 6.07 Å². The van der Waals surface area contributed by atoms with E-state index in [0.29, 0.717) is 39.3 Å². The highest BCUT2D eigenvalue weighted by atomic mass is 32.2. The Morgan fingerprint density at radius 3 is 2.56 bits per heavy atom. The zero-order valence-electron chi connectivity index (χ0n) is 15.4. The minimum atomic E-state index is -0.262.